The molecule has 0 heterocycles. The normalized spacial score (nSPS) is 10.4. The molecular formula is C16H16N2O4. The average Bonchev–Trinajstić information content (AvgIpc) is 2.54. The molecule has 2 aromatic carbocycles. The quantitative estimate of drug-likeness (QED) is 0.607. The summed E-state index contributed by atoms with van der Waals surface area (Å²) in [6, 6.07) is 14.7. The van der Waals surface area contributed by atoms with E-state index in [1.165, 1.54) is 7.11 Å². The zero-order valence-electron chi connectivity index (χ0n) is 12.0. The van der Waals surface area contributed by atoms with Crippen LogP contribution in [0.4, 0.5) is 5.69 Å². The Morgan fingerprint density at radius 1 is 1.23 bits per heavy atom. The van der Waals surface area contributed by atoms with Crippen LogP contribution in [0, 0.1) is 0 Å². The second kappa shape index (κ2) is 7.68. The fraction of sp³-hybridized carbons (Fsp3) is 0.125. The highest BCUT2D eigenvalue weighted by atomic mass is 16.5. The number of hydrogen-bond acceptors (Lipinski definition) is 5. The van der Waals surface area contributed by atoms with Crippen molar-refractivity contribution in [3.05, 3.63) is 54.1 Å². The second-order valence-electron chi connectivity index (χ2n) is 4.33. The number of ether oxygens (including phenoxy) is 2. The molecule has 0 radical (unpaired) electrons. The molecule has 0 spiro atoms. The number of methoxy groups -OCH3 is 1. The van der Waals surface area contributed by atoms with Gasteiger partial charge in [-0.1, -0.05) is 18.2 Å². The molecule has 0 fully saturated rings. The van der Waals surface area contributed by atoms with Crippen LogP contribution < -0.4 is 14.9 Å². The van der Waals surface area contributed by atoms with E-state index >= 15 is 0 Å². The third-order valence-electron chi connectivity index (χ3n) is 2.72. The highest BCUT2D eigenvalue weighted by Crippen LogP contribution is 2.27. The smallest absolute Gasteiger partial charge is 0.341 e. The van der Waals surface area contributed by atoms with Crippen molar-refractivity contribution >= 4 is 17.9 Å². The molecule has 2 N–H and O–H groups in total. The molecule has 0 aliphatic carbocycles. The van der Waals surface area contributed by atoms with Crippen LogP contribution in [0.15, 0.2) is 53.6 Å². The number of rotatable bonds is 7. The number of aliphatic carboxylic acids is 1. The van der Waals surface area contributed by atoms with Crippen molar-refractivity contribution in [3.8, 4) is 11.5 Å². The number of carboxylic acids is 1. The predicted molar refractivity (Wildman–Crippen MR) is 83.8 cm³/mol. The number of nitrogens with zero attached hydrogens (tertiary/aromatic N) is 1. The van der Waals surface area contributed by atoms with Crippen LogP contribution >= 0.6 is 0 Å². The van der Waals surface area contributed by atoms with Gasteiger partial charge in [-0.25, -0.2) is 4.79 Å². The molecule has 0 aromatic heterocycles. The number of para-hydroxylation sites is 1. The number of hydrogen-bond donors (Lipinski definition) is 2. The van der Waals surface area contributed by atoms with Gasteiger partial charge in [0.15, 0.2) is 18.1 Å². The van der Waals surface area contributed by atoms with Crippen molar-refractivity contribution in [1.29, 1.82) is 0 Å². The van der Waals surface area contributed by atoms with Gasteiger partial charge in [0.05, 0.1) is 19.0 Å². The summed E-state index contributed by atoms with van der Waals surface area (Å²) in [6.45, 7) is -0.431. The highest BCUT2D eigenvalue weighted by Gasteiger charge is 2.07. The first-order chi connectivity index (χ1) is 10.7. The summed E-state index contributed by atoms with van der Waals surface area (Å²) in [5.41, 5.74) is 4.52. The third kappa shape index (κ3) is 4.52. The van der Waals surface area contributed by atoms with Crippen LogP contribution in [0.25, 0.3) is 0 Å². The number of hydrazone groups is 1. The summed E-state index contributed by atoms with van der Waals surface area (Å²) in [5.74, 6) is -0.227. The average molecular weight is 300 g/mol. The number of carbonyl (C=O) groups is 1. The zero-order chi connectivity index (χ0) is 15.8. The molecule has 114 valence electrons. The summed E-state index contributed by atoms with van der Waals surface area (Å²) in [5, 5.41) is 12.8. The molecule has 2 rings (SSSR count). The Morgan fingerprint density at radius 2 is 2.00 bits per heavy atom. The number of benzene rings is 2. The lowest BCUT2D eigenvalue weighted by Gasteiger charge is -2.09. The van der Waals surface area contributed by atoms with Crippen molar-refractivity contribution in [3.63, 3.8) is 0 Å². The molecule has 0 saturated heterocycles. The lowest BCUT2D eigenvalue weighted by molar-refractivity contribution is -0.139. The molecule has 6 nitrogen and oxygen atoms in total. The van der Waals surface area contributed by atoms with Gasteiger partial charge >= 0.3 is 5.97 Å². The Balaban J connectivity index is 2.07. The Morgan fingerprint density at radius 3 is 2.68 bits per heavy atom. The van der Waals surface area contributed by atoms with Crippen LogP contribution in [0.5, 0.6) is 11.5 Å². The van der Waals surface area contributed by atoms with Gasteiger partial charge < -0.3 is 14.6 Å². The van der Waals surface area contributed by atoms with Gasteiger partial charge in [0, 0.05) is 0 Å². The first-order valence-corrected chi connectivity index (χ1v) is 6.56. The van der Waals surface area contributed by atoms with Crippen LogP contribution in [0.3, 0.4) is 0 Å². The topological polar surface area (TPSA) is 80.1 Å². The second-order valence-corrected chi connectivity index (χ2v) is 4.33. The molecule has 0 unspecified atom stereocenters. The summed E-state index contributed by atoms with van der Waals surface area (Å²) in [7, 11) is 1.49. The standard InChI is InChI=1S/C16H16N2O4/c1-21-14-8-7-12(9-15(14)22-11-16(19)20)10-17-18-13-5-3-2-4-6-13/h2-10,18H,11H2,1H3,(H,19,20). The Labute approximate surface area is 128 Å². The molecule has 6 heteroatoms. The Kier molecular flexibility index (Phi) is 5.37. The molecule has 22 heavy (non-hydrogen) atoms. The first-order valence-electron chi connectivity index (χ1n) is 6.56. The maximum atomic E-state index is 10.6. The number of anilines is 1. The van der Waals surface area contributed by atoms with E-state index in [-0.39, 0.29) is 0 Å². The van der Waals surface area contributed by atoms with E-state index in [2.05, 4.69) is 10.5 Å². The van der Waals surface area contributed by atoms with Gasteiger partial charge in [-0.15, -0.1) is 0 Å². The summed E-state index contributed by atoms with van der Waals surface area (Å²) < 4.78 is 10.3. The van der Waals surface area contributed by atoms with E-state index in [9.17, 15) is 4.79 Å². The van der Waals surface area contributed by atoms with Crippen molar-refractivity contribution < 1.29 is 19.4 Å². The lowest BCUT2D eigenvalue weighted by atomic mass is 10.2. The molecule has 0 aliphatic heterocycles. The van der Waals surface area contributed by atoms with Crippen molar-refractivity contribution in [2.45, 2.75) is 0 Å². The molecule has 0 aliphatic rings. The van der Waals surface area contributed by atoms with E-state index in [0.717, 1.165) is 11.3 Å². The van der Waals surface area contributed by atoms with Gasteiger partial charge in [-0.2, -0.15) is 5.10 Å². The van der Waals surface area contributed by atoms with Gasteiger partial charge in [0.25, 0.3) is 0 Å². The molecule has 0 atom stereocenters. The van der Waals surface area contributed by atoms with Gasteiger partial charge in [-0.05, 0) is 35.9 Å². The fourth-order valence-corrected chi connectivity index (χ4v) is 1.72. The Bertz CT molecular complexity index is 656. The van der Waals surface area contributed by atoms with Crippen LogP contribution in [0.1, 0.15) is 5.56 Å². The molecular weight excluding hydrogens is 284 g/mol. The van der Waals surface area contributed by atoms with Gasteiger partial charge in [0.2, 0.25) is 0 Å². The minimum absolute atomic E-state index is 0.355. The van der Waals surface area contributed by atoms with E-state index in [4.69, 9.17) is 14.6 Å². The summed E-state index contributed by atoms with van der Waals surface area (Å²) in [6.07, 6.45) is 1.61. The third-order valence-corrected chi connectivity index (χ3v) is 2.72. The summed E-state index contributed by atoms with van der Waals surface area (Å²) >= 11 is 0. The first kappa shape index (κ1) is 15.4. The van der Waals surface area contributed by atoms with Gasteiger partial charge in [-0.3, -0.25) is 5.43 Å². The van der Waals surface area contributed by atoms with Crippen molar-refractivity contribution in [2.75, 3.05) is 19.1 Å². The van der Waals surface area contributed by atoms with Crippen LogP contribution in [-0.4, -0.2) is 31.0 Å². The molecule has 0 bridgehead atoms. The Hall–Kier alpha value is -3.02. The largest absolute Gasteiger partial charge is 0.493 e. The minimum atomic E-state index is -1.05. The predicted octanol–water partition coefficient (Wildman–Crippen LogP) is 2.60. The van der Waals surface area contributed by atoms with E-state index in [1.54, 1.807) is 24.4 Å². The fourth-order valence-electron chi connectivity index (χ4n) is 1.72. The molecule has 2 aromatic rings. The molecule has 0 saturated carbocycles. The zero-order valence-corrected chi connectivity index (χ0v) is 12.0. The van der Waals surface area contributed by atoms with E-state index in [1.807, 2.05) is 30.3 Å². The monoisotopic (exact) mass is 300 g/mol. The highest BCUT2D eigenvalue weighted by molar-refractivity contribution is 5.81. The molecule has 0 amide bonds. The number of nitrogens with one attached hydrogen (secondary N) is 1. The maximum Gasteiger partial charge on any atom is 0.341 e. The minimum Gasteiger partial charge on any atom is -0.493 e. The van der Waals surface area contributed by atoms with Gasteiger partial charge in [0.1, 0.15) is 0 Å². The van der Waals surface area contributed by atoms with Crippen molar-refractivity contribution in [2.24, 2.45) is 5.10 Å². The number of carboxylic acid groups (broad SMARTS) is 1. The van der Waals surface area contributed by atoms with Crippen LogP contribution in [-0.2, 0) is 4.79 Å². The SMILES string of the molecule is COc1ccc(C=NNc2ccccc2)cc1OCC(=O)O. The van der Waals surface area contributed by atoms with Crippen molar-refractivity contribution in [1.82, 2.24) is 0 Å². The lowest BCUT2D eigenvalue weighted by Crippen LogP contribution is -2.10. The summed E-state index contributed by atoms with van der Waals surface area (Å²) in [4.78, 5) is 10.6. The van der Waals surface area contributed by atoms with E-state index < -0.39 is 12.6 Å². The maximum absolute atomic E-state index is 10.6. The van der Waals surface area contributed by atoms with Crippen LogP contribution in [0.2, 0.25) is 0 Å². The van der Waals surface area contributed by atoms with E-state index in [0.29, 0.717) is 11.5 Å².